The largest absolute Gasteiger partial charge is 0.508 e. The molecule has 0 spiro atoms. The molecular weight excluding hydrogens is 306 g/mol. The molecule has 0 fully saturated rings. The van der Waals surface area contributed by atoms with Crippen LogP contribution in [0.5, 0.6) is 17.2 Å². The Labute approximate surface area is 141 Å². The second kappa shape index (κ2) is 8.67. The van der Waals surface area contributed by atoms with Gasteiger partial charge >= 0.3 is 0 Å². The van der Waals surface area contributed by atoms with E-state index >= 15 is 0 Å². The number of aromatic hydroxyl groups is 1. The van der Waals surface area contributed by atoms with E-state index in [9.17, 15) is 5.11 Å². The minimum atomic E-state index is 0.225. The third kappa shape index (κ3) is 5.08. The molecule has 2 aromatic rings. The molecule has 0 unspecified atom stereocenters. The molecule has 0 aromatic heterocycles. The summed E-state index contributed by atoms with van der Waals surface area (Å²) in [5, 5.41) is 12.5. The van der Waals surface area contributed by atoms with Crippen molar-refractivity contribution in [3.05, 3.63) is 53.6 Å². The fourth-order valence-corrected chi connectivity index (χ4v) is 2.26. The third-order valence-electron chi connectivity index (χ3n) is 3.51. The zero-order valence-electron chi connectivity index (χ0n) is 14.0. The molecule has 0 aliphatic heterocycles. The number of rotatable bonds is 7. The average molecular weight is 329 g/mol. The topological polar surface area (TPSA) is 89.1 Å². The molecule has 0 atom stereocenters. The van der Waals surface area contributed by atoms with Crippen LogP contribution in [-0.4, -0.2) is 31.8 Å². The second-order valence-corrected chi connectivity index (χ2v) is 5.24. The molecule has 2 aromatic carbocycles. The van der Waals surface area contributed by atoms with E-state index in [1.165, 1.54) is 0 Å². The molecule has 0 aliphatic carbocycles. The van der Waals surface area contributed by atoms with Crippen molar-refractivity contribution in [1.29, 1.82) is 0 Å². The summed E-state index contributed by atoms with van der Waals surface area (Å²) < 4.78 is 10.5. The van der Waals surface area contributed by atoms with Crippen LogP contribution in [0.3, 0.4) is 0 Å². The van der Waals surface area contributed by atoms with Crippen molar-refractivity contribution in [3.63, 3.8) is 0 Å². The first kappa shape index (κ1) is 17.5. The number of nitrogens with zero attached hydrogens (tertiary/aromatic N) is 1. The van der Waals surface area contributed by atoms with Gasteiger partial charge in [0.2, 0.25) is 0 Å². The summed E-state index contributed by atoms with van der Waals surface area (Å²) in [5.41, 5.74) is 7.87. The van der Waals surface area contributed by atoms with E-state index in [2.05, 4.69) is 10.3 Å². The van der Waals surface area contributed by atoms with Crippen molar-refractivity contribution in [2.45, 2.75) is 13.0 Å². The molecule has 4 N–H and O–H groups in total. The quantitative estimate of drug-likeness (QED) is 0.534. The van der Waals surface area contributed by atoms with Crippen LogP contribution in [0.2, 0.25) is 0 Å². The van der Waals surface area contributed by atoms with E-state index in [1.54, 1.807) is 32.4 Å². The molecule has 6 nitrogen and oxygen atoms in total. The first-order valence-electron chi connectivity index (χ1n) is 7.65. The van der Waals surface area contributed by atoms with Crippen LogP contribution in [0, 0.1) is 0 Å². The van der Waals surface area contributed by atoms with Crippen molar-refractivity contribution < 1.29 is 14.6 Å². The molecule has 128 valence electrons. The van der Waals surface area contributed by atoms with Gasteiger partial charge in [0, 0.05) is 6.54 Å². The Morgan fingerprint density at radius 3 is 2.58 bits per heavy atom. The number of nitrogens with one attached hydrogen (secondary N) is 1. The Hall–Kier alpha value is -2.89. The van der Waals surface area contributed by atoms with Gasteiger partial charge in [0.1, 0.15) is 5.75 Å². The highest BCUT2D eigenvalue weighted by atomic mass is 16.5. The number of guanidine groups is 1. The predicted molar refractivity (Wildman–Crippen MR) is 94.7 cm³/mol. The van der Waals surface area contributed by atoms with Gasteiger partial charge in [-0.1, -0.05) is 18.2 Å². The van der Waals surface area contributed by atoms with Crippen molar-refractivity contribution in [2.24, 2.45) is 10.7 Å². The summed E-state index contributed by atoms with van der Waals surface area (Å²) in [6, 6.07) is 12.8. The lowest BCUT2D eigenvalue weighted by atomic mass is 10.1. The van der Waals surface area contributed by atoms with E-state index in [0.29, 0.717) is 30.5 Å². The van der Waals surface area contributed by atoms with E-state index in [1.807, 2.05) is 24.3 Å². The van der Waals surface area contributed by atoms with Gasteiger partial charge in [-0.05, 0) is 41.8 Å². The number of ether oxygens (including phenoxy) is 2. The van der Waals surface area contributed by atoms with E-state index < -0.39 is 0 Å². The maximum Gasteiger partial charge on any atom is 0.188 e. The zero-order chi connectivity index (χ0) is 17.4. The van der Waals surface area contributed by atoms with E-state index in [0.717, 1.165) is 17.5 Å². The summed E-state index contributed by atoms with van der Waals surface area (Å²) in [5.74, 6) is 2.02. The first-order valence-corrected chi connectivity index (χ1v) is 7.65. The van der Waals surface area contributed by atoms with Crippen molar-refractivity contribution >= 4 is 5.96 Å². The number of hydrogen-bond donors (Lipinski definition) is 3. The van der Waals surface area contributed by atoms with Crippen LogP contribution in [-0.2, 0) is 13.0 Å². The second-order valence-electron chi connectivity index (χ2n) is 5.24. The molecule has 2 rings (SSSR count). The highest BCUT2D eigenvalue weighted by Crippen LogP contribution is 2.27. The smallest absolute Gasteiger partial charge is 0.188 e. The molecule has 0 saturated carbocycles. The molecule has 0 amide bonds. The SMILES string of the molecule is COc1ccc(CCNC(N)=NCc2cccc(O)c2)cc1OC. The number of phenols is 1. The van der Waals surface area contributed by atoms with Gasteiger partial charge in [-0.3, -0.25) is 0 Å². The van der Waals surface area contributed by atoms with Gasteiger partial charge in [0.15, 0.2) is 17.5 Å². The van der Waals surface area contributed by atoms with Gasteiger partial charge < -0.3 is 25.6 Å². The third-order valence-corrected chi connectivity index (χ3v) is 3.51. The highest BCUT2D eigenvalue weighted by molar-refractivity contribution is 5.77. The Morgan fingerprint density at radius 1 is 1.08 bits per heavy atom. The first-order chi connectivity index (χ1) is 11.6. The molecule has 0 saturated heterocycles. The molecular formula is C18H23N3O3. The van der Waals surface area contributed by atoms with Crippen LogP contribution in [0.4, 0.5) is 0 Å². The molecule has 6 heteroatoms. The fraction of sp³-hybridized carbons (Fsp3) is 0.278. The van der Waals surface area contributed by atoms with Gasteiger partial charge in [-0.2, -0.15) is 0 Å². The lowest BCUT2D eigenvalue weighted by molar-refractivity contribution is 0.354. The van der Waals surface area contributed by atoms with E-state index in [4.69, 9.17) is 15.2 Å². The number of nitrogens with two attached hydrogens (primary N) is 1. The Balaban J connectivity index is 1.83. The standard InChI is InChI=1S/C18H23N3O3/c1-23-16-7-6-13(11-17(16)24-2)8-9-20-18(19)21-12-14-4-3-5-15(22)10-14/h3-7,10-11,22H,8-9,12H2,1-2H3,(H3,19,20,21). The zero-order valence-corrected chi connectivity index (χ0v) is 14.0. The van der Waals surface area contributed by atoms with Crippen LogP contribution < -0.4 is 20.5 Å². The van der Waals surface area contributed by atoms with Crippen LogP contribution in [0.25, 0.3) is 0 Å². The van der Waals surface area contributed by atoms with Crippen LogP contribution in [0.15, 0.2) is 47.5 Å². The average Bonchev–Trinajstić information content (AvgIpc) is 2.60. The van der Waals surface area contributed by atoms with Crippen molar-refractivity contribution in [1.82, 2.24) is 5.32 Å². The molecule has 0 heterocycles. The number of methoxy groups -OCH3 is 2. The van der Waals surface area contributed by atoms with Crippen molar-refractivity contribution in [2.75, 3.05) is 20.8 Å². The lowest BCUT2D eigenvalue weighted by Gasteiger charge is -2.10. The maximum atomic E-state index is 9.41. The molecule has 0 radical (unpaired) electrons. The normalized spacial score (nSPS) is 11.2. The minimum absolute atomic E-state index is 0.225. The molecule has 0 aliphatic rings. The Bertz CT molecular complexity index is 702. The number of hydrogen-bond acceptors (Lipinski definition) is 4. The minimum Gasteiger partial charge on any atom is -0.508 e. The summed E-state index contributed by atoms with van der Waals surface area (Å²) >= 11 is 0. The Morgan fingerprint density at radius 2 is 1.88 bits per heavy atom. The fourth-order valence-electron chi connectivity index (χ4n) is 2.26. The Kier molecular flexibility index (Phi) is 6.31. The summed E-state index contributed by atoms with van der Waals surface area (Å²) in [7, 11) is 3.23. The lowest BCUT2D eigenvalue weighted by Crippen LogP contribution is -2.33. The van der Waals surface area contributed by atoms with Crippen molar-refractivity contribution in [3.8, 4) is 17.2 Å². The maximum absolute atomic E-state index is 9.41. The summed E-state index contributed by atoms with van der Waals surface area (Å²) in [4.78, 5) is 4.26. The molecule has 24 heavy (non-hydrogen) atoms. The number of benzene rings is 2. The van der Waals surface area contributed by atoms with Crippen LogP contribution >= 0.6 is 0 Å². The number of phenolic OH excluding ortho intramolecular Hbond substituents is 1. The van der Waals surface area contributed by atoms with E-state index in [-0.39, 0.29) is 5.75 Å². The number of aliphatic imine (C=N–C) groups is 1. The predicted octanol–water partition coefficient (Wildman–Crippen LogP) is 2.06. The van der Waals surface area contributed by atoms with Gasteiger partial charge in [-0.25, -0.2) is 4.99 Å². The molecule has 0 bridgehead atoms. The summed E-state index contributed by atoms with van der Waals surface area (Å²) in [6.45, 7) is 1.08. The monoisotopic (exact) mass is 329 g/mol. The van der Waals surface area contributed by atoms with Gasteiger partial charge in [0.05, 0.1) is 20.8 Å². The van der Waals surface area contributed by atoms with Gasteiger partial charge in [-0.15, -0.1) is 0 Å². The van der Waals surface area contributed by atoms with Crippen LogP contribution in [0.1, 0.15) is 11.1 Å². The van der Waals surface area contributed by atoms with Gasteiger partial charge in [0.25, 0.3) is 0 Å². The summed E-state index contributed by atoms with van der Waals surface area (Å²) in [6.07, 6.45) is 0.780. The highest BCUT2D eigenvalue weighted by Gasteiger charge is 2.04.